The van der Waals surface area contributed by atoms with Crippen LogP contribution in [0.15, 0.2) is 14.8 Å². The van der Waals surface area contributed by atoms with Gasteiger partial charge in [-0.15, -0.1) is 0 Å². The molecule has 0 aromatic carbocycles. The van der Waals surface area contributed by atoms with E-state index in [1.165, 1.54) is 3.58 Å². The van der Waals surface area contributed by atoms with Crippen molar-refractivity contribution >= 4 is 62.6 Å². The van der Waals surface area contributed by atoms with Gasteiger partial charge in [0.15, 0.2) is 0 Å². The molecule has 0 aromatic heterocycles. The molecule has 0 spiro atoms. The monoisotopic (exact) mass is 351 g/mol. The van der Waals surface area contributed by atoms with Crippen molar-refractivity contribution in [3.8, 4) is 0 Å². The fourth-order valence-electron chi connectivity index (χ4n) is 0.131. The maximum atomic E-state index is 4.35. The van der Waals surface area contributed by atoms with Crippen molar-refractivity contribution in [3.63, 3.8) is 0 Å². The van der Waals surface area contributed by atoms with Crippen LogP contribution >= 0.6 is 57.4 Å². The summed E-state index contributed by atoms with van der Waals surface area (Å²) in [7, 11) is 0. The lowest BCUT2D eigenvalue weighted by molar-refractivity contribution is 1.57. The van der Waals surface area contributed by atoms with E-state index in [1.807, 2.05) is 0 Å². The Hall–Kier alpha value is 1.00. The topological polar surface area (TPSA) is 12.4 Å². The summed E-state index contributed by atoms with van der Waals surface area (Å²) >= 11 is 8.81. The number of isothiocyanates is 1. The van der Waals surface area contributed by atoms with Crippen molar-refractivity contribution < 1.29 is 0 Å². The van der Waals surface area contributed by atoms with Gasteiger partial charge in [-0.05, 0) is 34.8 Å². The molecule has 0 aliphatic carbocycles. The van der Waals surface area contributed by atoms with Crippen LogP contribution in [0, 0.1) is 0 Å². The fourth-order valence-corrected chi connectivity index (χ4v) is 0.520. The molecule has 0 aromatic rings. The van der Waals surface area contributed by atoms with E-state index in [2.05, 4.69) is 67.6 Å². The Morgan fingerprint density at radius 3 is 2.88 bits per heavy atom. The molecule has 0 rings (SSSR count). The van der Waals surface area contributed by atoms with Gasteiger partial charge in [0.2, 0.25) is 0 Å². The number of hydrogen-bond acceptors (Lipinski definition) is 2. The summed E-state index contributed by atoms with van der Waals surface area (Å²) in [5, 5.41) is 2.26. The third-order valence-electron chi connectivity index (χ3n) is 0.385. The van der Waals surface area contributed by atoms with Crippen LogP contribution in [0.1, 0.15) is 0 Å². The summed E-state index contributed by atoms with van der Waals surface area (Å²) in [5.41, 5.74) is 0. The third kappa shape index (κ3) is 5.14. The minimum atomic E-state index is 0.985. The second kappa shape index (κ2) is 6.12. The predicted octanol–water partition coefficient (Wildman–Crippen LogP) is 2.80. The second-order valence-electron chi connectivity index (χ2n) is 0.930. The van der Waals surface area contributed by atoms with E-state index in [9.17, 15) is 0 Å². The van der Waals surface area contributed by atoms with E-state index in [-0.39, 0.29) is 0 Å². The van der Waals surface area contributed by atoms with Crippen molar-refractivity contribution in [2.75, 3.05) is 4.43 Å². The molecule has 0 atom stereocenters. The van der Waals surface area contributed by atoms with Gasteiger partial charge in [-0.1, -0.05) is 22.6 Å². The van der Waals surface area contributed by atoms with Gasteiger partial charge < -0.3 is 0 Å². The van der Waals surface area contributed by atoms with E-state index in [1.54, 1.807) is 6.20 Å². The van der Waals surface area contributed by atoms with Crippen LogP contribution in [0.3, 0.4) is 0 Å². The van der Waals surface area contributed by atoms with Crippen LogP contribution in [0.5, 0.6) is 0 Å². The Labute approximate surface area is 80.9 Å². The van der Waals surface area contributed by atoms with E-state index < -0.39 is 0 Å². The third-order valence-corrected chi connectivity index (χ3v) is 3.43. The zero-order chi connectivity index (χ0) is 6.41. The highest BCUT2D eigenvalue weighted by Gasteiger charge is 1.80. The number of allylic oxidation sites excluding steroid dienone is 1. The molecule has 0 saturated carbocycles. The number of rotatable bonds is 2. The molecule has 0 N–H and O–H groups in total. The SMILES string of the molecule is S=C=N/C=C(/I)CI. The zero-order valence-electron chi connectivity index (χ0n) is 3.90. The summed E-state index contributed by atoms with van der Waals surface area (Å²) in [6.07, 6.45) is 1.71. The average molecular weight is 351 g/mol. The van der Waals surface area contributed by atoms with Crippen molar-refractivity contribution in [1.82, 2.24) is 0 Å². The highest BCUT2D eigenvalue weighted by Crippen LogP contribution is 2.08. The standard InChI is InChI=1S/C4H3I2NS/c5-1-4(6)2-7-3-8/h2H,1H2/b4-2+. The molecule has 44 valence electrons. The molecule has 4 heteroatoms. The van der Waals surface area contributed by atoms with Gasteiger partial charge in [-0.25, -0.2) is 4.99 Å². The molecule has 1 nitrogen and oxygen atoms in total. The first kappa shape index (κ1) is 9.00. The van der Waals surface area contributed by atoms with E-state index >= 15 is 0 Å². The maximum absolute atomic E-state index is 4.35. The Morgan fingerprint density at radius 2 is 2.50 bits per heavy atom. The lowest BCUT2D eigenvalue weighted by Crippen LogP contribution is -1.65. The summed E-state index contributed by atoms with van der Waals surface area (Å²) < 4.78 is 2.17. The average Bonchev–Trinajstić information content (AvgIpc) is 1.83. The first-order valence-corrected chi connectivity index (χ1v) is 4.80. The lowest BCUT2D eigenvalue weighted by Gasteiger charge is -1.81. The molecule has 0 radical (unpaired) electrons. The molecule has 0 bridgehead atoms. The van der Waals surface area contributed by atoms with Crippen LogP contribution < -0.4 is 0 Å². The van der Waals surface area contributed by atoms with Crippen molar-refractivity contribution in [3.05, 3.63) is 9.78 Å². The Bertz CT molecular complexity index is 137. The summed E-state index contributed by atoms with van der Waals surface area (Å²) in [6.45, 7) is 0. The van der Waals surface area contributed by atoms with Crippen molar-refractivity contribution in [2.45, 2.75) is 0 Å². The van der Waals surface area contributed by atoms with Crippen LogP contribution in [0.2, 0.25) is 0 Å². The molecule has 8 heavy (non-hydrogen) atoms. The Kier molecular flexibility index (Phi) is 6.89. The smallest absolute Gasteiger partial charge is 0.0634 e. The molecule has 0 aliphatic heterocycles. The summed E-state index contributed by atoms with van der Waals surface area (Å²) in [5.74, 6) is 0. The van der Waals surface area contributed by atoms with Gasteiger partial charge in [0.05, 0.1) is 5.16 Å². The van der Waals surface area contributed by atoms with Gasteiger partial charge in [-0.3, -0.25) is 0 Å². The number of aliphatic imine (C=N–C) groups is 1. The van der Waals surface area contributed by atoms with Crippen LogP contribution in [0.4, 0.5) is 0 Å². The molecule has 0 heterocycles. The highest BCUT2D eigenvalue weighted by molar-refractivity contribution is 14.1. The van der Waals surface area contributed by atoms with Gasteiger partial charge in [-0.2, -0.15) is 0 Å². The predicted molar refractivity (Wildman–Crippen MR) is 56.0 cm³/mol. The second-order valence-corrected chi connectivity index (χ2v) is 3.26. The molecule has 0 unspecified atom stereocenters. The van der Waals surface area contributed by atoms with E-state index in [0.717, 1.165) is 4.43 Å². The van der Waals surface area contributed by atoms with Crippen LogP contribution in [0.25, 0.3) is 0 Å². The van der Waals surface area contributed by atoms with Gasteiger partial charge in [0.25, 0.3) is 0 Å². The Balaban J connectivity index is 3.74. The maximum Gasteiger partial charge on any atom is 0.0634 e. The highest BCUT2D eigenvalue weighted by atomic mass is 127. The fraction of sp³-hybridized carbons (Fsp3) is 0.250. The van der Waals surface area contributed by atoms with Gasteiger partial charge >= 0.3 is 0 Å². The van der Waals surface area contributed by atoms with E-state index in [0.29, 0.717) is 0 Å². The number of alkyl halides is 1. The van der Waals surface area contributed by atoms with Crippen LogP contribution in [-0.4, -0.2) is 9.59 Å². The van der Waals surface area contributed by atoms with Crippen LogP contribution in [-0.2, 0) is 0 Å². The first-order chi connectivity index (χ1) is 3.81. The van der Waals surface area contributed by atoms with Crippen molar-refractivity contribution in [2.24, 2.45) is 4.99 Å². The number of hydrogen-bond donors (Lipinski definition) is 0. The zero-order valence-corrected chi connectivity index (χ0v) is 9.03. The molecular weight excluding hydrogens is 348 g/mol. The van der Waals surface area contributed by atoms with Gasteiger partial charge in [0, 0.05) is 14.2 Å². The molecule has 0 amide bonds. The molecule has 0 aliphatic rings. The number of nitrogens with zero attached hydrogens (tertiary/aromatic N) is 1. The summed E-state index contributed by atoms with van der Waals surface area (Å²) in [4.78, 5) is 3.63. The largest absolute Gasteiger partial charge is 0.202 e. The van der Waals surface area contributed by atoms with Gasteiger partial charge in [0.1, 0.15) is 0 Å². The molecule has 0 fully saturated rings. The Morgan fingerprint density at radius 1 is 1.88 bits per heavy atom. The molecular formula is C4H3I2NS. The quantitative estimate of drug-likeness (QED) is 0.323. The first-order valence-electron chi connectivity index (χ1n) is 1.78. The lowest BCUT2D eigenvalue weighted by atomic mass is 10.7. The van der Waals surface area contributed by atoms with Crippen molar-refractivity contribution in [1.29, 1.82) is 0 Å². The number of thiocarbonyl (C=S) groups is 1. The molecule has 0 saturated heterocycles. The van der Waals surface area contributed by atoms with E-state index in [4.69, 9.17) is 0 Å². The normalized spacial score (nSPS) is 10.5. The minimum Gasteiger partial charge on any atom is -0.202 e. The summed E-state index contributed by atoms with van der Waals surface area (Å²) in [6, 6.07) is 0. The minimum absolute atomic E-state index is 0.985. The number of halogens is 2.